The highest BCUT2D eigenvalue weighted by Crippen LogP contribution is 2.23. The molecule has 0 radical (unpaired) electrons. The summed E-state index contributed by atoms with van der Waals surface area (Å²) in [6.07, 6.45) is 1.03. The fourth-order valence-electron chi connectivity index (χ4n) is 1.92. The van der Waals surface area contributed by atoms with E-state index < -0.39 is 25.0 Å². The van der Waals surface area contributed by atoms with E-state index in [0.717, 1.165) is 34.8 Å². The van der Waals surface area contributed by atoms with E-state index in [1.165, 1.54) is 31.3 Å². The minimum atomic E-state index is -3.97. The summed E-state index contributed by atoms with van der Waals surface area (Å²) in [5.41, 5.74) is 0.216. The number of benzene rings is 2. The summed E-state index contributed by atoms with van der Waals surface area (Å²) in [5.74, 6) is 0. The second-order valence-corrected chi connectivity index (χ2v) is 8.83. The zero-order valence-electron chi connectivity index (χ0n) is 13.3. The summed E-state index contributed by atoms with van der Waals surface area (Å²) >= 11 is 0. The van der Waals surface area contributed by atoms with Crippen molar-refractivity contribution in [3.05, 3.63) is 58.6 Å². The van der Waals surface area contributed by atoms with E-state index in [-0.39, 0.29) is 22.0 Å². The van der Waals surface area contributed by atoms with Crippen molar-refractivity contribution in [2.45, 2.75) is 4.90 Å². The predicted molar refractivity (Wildman–Crippen MR) is 93.6 cm³/mol. The lowest BCUT2D eigenvalue weighted by atomic mass is 10.3. The Hall–Kier alpha value is -2.66. The molecule has 11 heteroatoms. The van der Waals surface area contributed by atoms with E-state index in [9.17, 15) is 26.9 Å². The lowest BCUT2D eigenvalue weighted by molar-refractivity contribution is -0.384. The van der Waals surface area contributed by atoms with Gasteiger partial charge in [-0.05, 0) is 30.3 Å². The quantitative estimate of drug-likeness (QED) is 0.597. The monoisotopic (exact) mass is 385 g/mol. The highest BCUT2D eigenvalue weighted by atomic mass is 32.2. The van der Waals surface area contributed by atoms with Crippen molar-refractivity contribution in [1.82, 2.24) is 0 Å². The van der Waals surface area contributed by atoms with Crippen LogP contribution in [0.1, 0.15) is 0 Å². The second kappa shape index (κ2) is 6.69. The Balaban J connectivity index is 2.30. The van der Waals surface area contributed by atoms with Crippen LogP contribution in [0, 0.1) is 10.1 Å². The van der Waals surface area contributed by atoms with Crippen LogP contribution in [-0.4, -0.2) is 35.1 Å². The van der Waals surface area contributed by atoms with Crippen molar-refractivity contribution in [1.29, 1.82) is 0 Å². The van der Waals surface area contributed by atoms with Crippen LogP contribution in [0.3, 0.4) is 0 Å². The highest BCUT2D eigenvalue weighted by Gasteiger charge is 2.17. The molecule has 0 aromatic heterocycles. The van der Waals surface area contributed by atoms with Gasteiger partial charge < -0.3 is 0 Å². The van der Waals surface area contributed by atoms with Crippen LogP contribution in [0.5, 0.6) is 0 Å². The molecule has 0 aliphatic heterocycles. The van der Waals surface area contributed by atoms with E-state index in [1.54, 1.807) is 0 Å². The molecule has 0 amide bonds. The standard InChI is InChI=1S/C14H15N3O6S2/c1-16(24(2,20)21)13-5-3-4-11(10-13)15-25(22,23)14-8-6-12(7-9-14)17(18)19/h3-10,15H,1-2H3. The van der Waals surface area contributed by atoms with Crippen molar-refractivity contribution in [2.24, 2.45) is 0 Å². The first kappa shape index (κ1) is 18.7. The maximum atomic E-state index is 12.3. The largest absolute Gasteiger partial charge is 0.280 e. The number of hydrogen-bond donors (Lipinski definition) is 1. The Morgan fingerprint density at radius 1 is 1.04 bits per heavy atom. The third-order valence-electron chi connectivity index (χ3n) is 3.32. The smallest absolute Gasteiger partial charge is 0.269 e. The first-order valence-electron chi connectivity index (χ1n) is 6.82. The molecular formula is C14H15N3O6S2. The number of anilines is 2. The van der Waals surface area contributed by atoms with Gasteiger partial charge in [0.1, 0.15) is 0 Å². The van der Waals surface area contributed by atoms with Gasteiger partial charge in [0.2, 0.25) is 10.0 Å². The van der Waals surface area contributed by atoms with Gasteiger partial charge in [0, 0.05) is 19.2 Å². The van der Waals surface area contributed by atoms with Gasteiger partial charge in [-0.1, -0.05) is 6.07 Å². The van der Waals surface area contributed by atoms with Crippen LogP contribution in [-0.2, 0) is 20.0 Å². The summed E-state index contributed by atoms with van der Waals surface area (Å²) in [6, 6.07) is 10.3. The highest BCUT2D eigenvalue weighted by molar-refractivity contribution is 7.92. The molecule has 0 aliphatic rings. The maximum absolute atomic E-state index is 12.3. The van der Waals surface area contributed by atoms with Gasteiger partial charge in [-0.3, -0.25) is 19.1 Å². The lowest BCUT2D eigenvalue weighted by Crippen LogP contribution is -2.24. The third-order valence-corrected chi connectivity index (χ3v) is 5.92. The zero-order chi connectivity index (χ0) is 18.8. The summed E-state index contributed by atoms with van der Waals surface area (Å²) in [6.45, 7) is 0. The first-order valence-corrected chi connectivity index (χ1v) is 10.1. The number of non-ortho nitro benzene ring substituents is 1. The van der Waals surface area contributed by atoms with Crippen LogP contribution >= 0.6 is 0 Å². The molecular weight excluding hydrogens is 370 g/mol. The molecule has 0 unspecified atom stereocenters. The molecule has 9 nitrogen and oxygen atoms in total. The van der Waals surface area contributed by atoms with Crippen molar-refractivity contribution in [3.8, 4) is 0 Å². The van der Waals surface area contributed by atoms with Crippen molar-refractivity contribution < 1.29 is 21.8 Å². The molecule has 0 saturated heterocycles. The van der Waals surface area contributed by atoms with Crippen molar-refractivity contribution >= 4 is 37.1 Å². The Labute approximate surface area is 145 Å². The topological polar surface area (TPSA) is 127 Å². The van der Waals surface area contributed by atoms with Crippen LogP contribution in [0.4, 0.5) is 17.1 Å². The molecule has 2 aromatic carbocycles. The minimum Gasteiger partial charge on any atom is -0.280 e. The molecule has 0 saturated carbocycles. The Kier molecular flexibility index (Phi) is 4.99. The number of nitro benzene ring substituents is 1. The van der Waals surface area contributed by atoms with Crippen molar-refractivity contribution in [3.63, 3.8) is 0 Å². The summed E-state index contributed by atoms with van der Waals surface area (Å²) in [4.78, 5) is 9.84. The van der Waals surface area contributed by atoms with Crippen LogP contribution in [0.2, 0.25) is 0 Å². The van der Waals surface area contributed by atoms with Crippen LogP contribution in [0.15, 0.2) is 53.4 Å². The first-order chi connectivity index (χ1) is 11.5. The van der Waals surface area contributed by atoms with Gasteiger partial charge in [-0.2, -0.15) is 0 Å². The molecule has 25 heavy (non-hydrogen) atoms. The van der Waals surface area contributed by atoms with Crippen molar-refractivity contribution in [2.75, 3.05) is 22.3 Å². The molecule has 0 spiro atoms. The van der Waals surface area contributed by atoms with Crippen LogP contribution in [0.25, 0.3) is 0 Å². The summed E-state index contributed by atoms with van der Waals surface area (Å²) in [5, 5.41) is 10.6. The molecule has 2 rings (SSSR count). The molecule has 0 bridgehead atoms. The van der Waals surface area contributed by atoms with E-state index >= 15 is 0 Å². The average molecular weight is 385 g/mol. The fraction of sp³-hybridized carbons (Fsp3) is 0.143. The van der Waals surface area contributed by atoms with E-state index in [1.807, 2.05) is 0 Å². The Bertz CT molecular complexity index is 1000. The van der Waals surface area contributed by atoms with Gasteiger partial charge in [0.05, 0.1) is 27.4 Å². The van der Waals surface area contributed by atoms with Crippen LogP contribution < -0.4 is 9.03 Å². The minimum absolute atomic E-state index is 0.153. The third kappa shape index (κ3) is 4.45. The fourth-order valence-corrected chi connectivity index (χ4v) is 3.46. The SMILES string of the molecule is CN(c1cccc(NS(=O)(=O)c2ccc([N+](=O)[O-])cc2)c1)S(C)(=O)=O. The number of sulfonamides is 2. The summed E-state index contributed by atoms with van der Waals surface area (Å²) in [7, 11) is -6.12. The van der Waals surface area contributed by atoms with Gasteiger partial charge in [-0.15, -0.1) is 0 Å². The second-order valence-electron chi connectivity index (χ2n) is 5.14. The molecule has 0 aliphatic carbocycles. The van der Waals surface area contributed by atoms with E-state index in [0.29, 0.717) is 0 Å². The molecule has 0 heterocycles. The maximum Gasteiger partial charge on any atom is 0.269 e. The Morgan fingerprint density at radius 3 is 2.16 bits per heavy atom. The van der Waals surface area contributed by atoms with Gasteiger partial charge in [0.25, 0.3) is 15.7 Å². The zero-order valence-corrected chi connectivity index (χ0v) is 14.9. The van der Waals surface area contributed by atoms with Gasteiger partial charge >= 0.3 is 0 Å². The molecule has 0 fully saturated rings. The molecule has 0 atom stereocenters. The average Bonchev–Trinajstić information content (AvgIpc) is 2.53. The number of nitro groups is 1. The van der Waals surface area contributed by atoms with E-state index in [4.69, 9.17) is 0 Å². The molecule has 134 valence electrons. The molecule has 1 N–H and O–H groups in total. The predicted octanol–water partition coefficient (Wildman–Crippen LogP) is 1.79. The van der Waals surface area contributed by atoms with Gasteiger partial charge in [-0.25, -0.2) is 16.8 Å². The number of nitrogens with one attached hydrogen (secondary N) is 1. The van der Waals surface area contributed by atoms with E-state index in [2.05, 4.69) is 4.72 Å². The lowest BCUT2D eigenvalue weighted by Gasteiger charge is -2.17. The molecule has 2 aromatic rings. The number of rotatable bonds is 6. The number of nitrogens with zero attached hydrogens (tertiary/aromatic N) is 2. The summed E-state index contributed by atoms with van der Waals surface area (Å²) < 4.78 is 51.2. The normalized spacial score (nSPS) is 11.8. The van der Waals surface area contributed by atoms with Gasteiger partial charge in [0.15, 0.2) is 0 Å². The Morgan fingerprint density at radius 2 is 1.64 bits per heavy atom. The number of hydrogen-bond acceptors (Lipinski definition) is 6.